The SMILES string of the molecule is N#CC1(c2cc(F)cc(F)c2O)CC(=O)C1. The fourth-order valence-electron chi connectivity index (χ4n) is 1.88. The molecule has 0 amide bonds. The topological polar surface area (TPSA) is 61.1 Å². The van der Waals surface area contributed by atoms with Crippen molar-refractivity contribution in [1.29, 1.82) is 5.26 Å². The average Bonchev–Trinajstić information content (AvgIpc) is 2.18. The number of ketones is 1. The highest BCUT2D eigenvalue weighted by Gasteiger charge is 2.47. The van der Waals surface area contributed by atoms with E-state index >= 15 is 0 Å². The van der Waals surface area contributed by atoms with E-state index in [9.17, 15) is 18.7 Å². The molecule has 0 aromatic heterocycles. The zero-order valence-corrected chi connectivity index (χ0v) is 8.13. The summed E-state index contributed by atoms with van der Waals surface area (Å²) in [5.74, 6) is -2.91. The largest absolute Gasteiger partial charge is 0.505 e. The van der Waals surface area contributed by atoms with Crippen molar-refractivity contribution in [3.8, 4) is 11.8 Å². The number of benzene rings is 1. The van der Waals surface area contributed by atoms with E-state index in [1.54, 1.807) is 0 Å². The van der Waals surface area contributed by atoms with Gasteiger partial charge in [0.2, 0.25) is 0 Å². The van der Waals surface area contributed by atoms with Gasteiger partial charge in [-0.3, -0.25) is 4.79 Å². The zero-order valence-electron chi connectivity index (χ0n) is 8.13. The molecule has 1 aliphatic rings. The molecule has 1 saturated carbocycles. The van der Waals surface area contributed by atoms with Gasteiger partial charge in [0, 0.05) is 24.5 Å². The van der Waals surface area contributed by atoms with Crippen molar-refractivity contribution >= 4 is 5.78 Å². The van der Waals surface area contributed by atoms with Gasteiger partial charge in [0.05, 0.1) is 11.5 Å². The van der Waals surface area contributed by atoms with Gasteiger partial charge < -0.3 is 5.11 Å². The number of Topliss-reactive ketones (excluding diaryl/α,β-unsaturated/α-hetero) is 1. The van der Waals surface area contributed by atoms with Crippen LogP contribution in [-0.4, -0.2) is 10.9 Å². The Kier molecular flexibility index (Phi) is 2.16. The lowest BCUT2D eigenvalue weighted by Gasteiger charge is -2.34. The van der Waals surface area contributed by atoms with Crippen molar-refractivity contribution in [2.75, 3.05) is 0 Å². The van der Waals surface area contributed by atoms with E-state index in [1.165, 1.54) is 0 Å². The molecule has 0 spiro atoms. The molecule has 0 saturated heterocycles. The molecule has 82 valence electrons. The molecular weight excluding hydrogens is 216 g/mol. The van der Waals surface area contributed by atoms with Crippen molar-refractivity contribution in [3.05, 3.63) is 29.3 Å². The number of carbonyl (C=O) groups is 1. The van der Waals surface area contributed by atoms with Crippen LogP contribution >= 0.6 is 0 Å². The molecule has 1 aromatic rings. The quantitative estimate of drug-likeness (QED) is 0.789. The number of hydrogen-bond acceptors (Lipinski definition) is 3. The van der Waals surface area contributed by atoms with Crippen molar-refractivity contribution in [3.63, 3.8) is 0 Å². The van der Waals surface area contributed by atoms with Crippen LogP contribution in [0.2, 0.25) is 0 Å². The van der Waals surface area contributed by atoms with Crippen LogP contribution in [0.15, 0.2) is 12.1 Å². The Labute approximate surface area is 89.9 Å². The van der Waals surface area contributed by atoms with Crippen LogP contribution in [0.25, 0.3) is 0 Å². The first-order valence-electron chi connectivity index (χ1n) is 4.60. The fraction of sp³-hybridized carbons (Fsp3) is 0.273. The summed E-state index contributed by atoms with van der Waals surface area (Å²) in [7, 11) is 0. The minimum Gasteiger partial charge on any atom is -0.505 e. The summed E-state index contributed by atoms with van der Waals surface area (Å²) in [4.78, 5) is 10.9. The normalized spacial score (nSPS) is 17.7. The number of nitrogens with zero attached hydrogens (tertiary/aromatic N) is 1. The first-order chi connectivity index (χ1) is 7.48. The molecule has 16 heavy (non-hydrogen) atoms. The number of rotatable bonds is 1. The Morgan fingerprint density at radius 3 is 2.50 bits per heavy atom. The van der Waals surface area contributed by atoms with E-state index < -0.39 is 22.8 Å². The van der Waals surface area contributed by atoms with Crippen LogP contribution in [0.3, 0.4) is 0 Å². The van der Waals surface area contributed by atoms with Crippen molar-refractivity contribution in [1.82, 2.24) is 0 Å². The molecule has 0 aliphatic heterocycles. The lowest BCUT2D eigenvalue weighted by Crippen LogP contribution is -2.40. The Morgan fingerprint density at radius 1 is 1.38 bits per heavy atom. The molecule has 0 atom stereocenters. The standard InChI is InChI=1S/C11H7F2NO2/c12-6-1-8(10(16)9(13)2-6)11(5-14)3-7(15)4-11/h1-2,16H,3-4H2. The zero-order chi connectivity index (χ0) is 11.9. The van der Waals surface area contributed by atoms with Crippen LogP contribution in [0, 0.1) is 23.0 Å². The number of aromatic hydroxyl groups is 1. The monoisotopic (exact) mass is 223 g/mol. The molecule has 2 rings (SSSR count). The second-order valence-electron chi connectivity index (χ2n) is 3.87. The summed E-state index contributed by atoms with van der Waals surface area (Å²) < 4.78 is 26.1. The molecule has 0 radical (unpaired) electrons. The second-order valence-corrected chi connectivity index (χ2v) is 3.87. The van der Waals surface area contributed by atoms with Crippen LogP contribution in [0.4, 0.5) is 8.78 Å². The first kappa shape index (κ1) is 10.6. The summed E-state index contributed by atoms with van der Waals surface area (Å²) in [6, 6.07) is 3.27. The molecule has 0 bridgehead atoms. The van der Waals surface area contributed by atoms with E-state index in [2.05, 4.69) is 0 Å². The van der Waals surface area contributed by atoms with Crippen molar-refractivity contribution in [2.45, 2.75) is 18.3 Å². The van der Waals surface area contributed by atoms with Crippen LogP contribution in [0.5, 0.6) is 5.75 Å². The van der Waals surface area contributed by atoms with E-state index in [4.69, 9.17) is 5.26 Å². The number of hydrogen-bond donors (Lipinski definition) is 1. The van der Waals surface area contributed by atoms with Crippen molar-refractivity contribution in [2.24, 2.45) is 0 Å². The van der Waals surface area contributed by atoms with Crippen LogP contribution in [-0.2, 0) is 10.2 Å². The maximum atomic E-state index is 13.1. The third-order valence-corrected chi connectivity index (χ3v) is 2.76. The van der Waals surface area contributed by atoms with Gasteiger partial charge in [-0.05, 0) is 6.07 Å². The van der Waals surface area contributed by atoms with Gasteiger partial charge in [0.1, 0.15) is 11.6 Å². The second kappa shape index (κ2) is 3.27. The number of carbonyl (C=O) groups excluding carboxylic acids is 1. The molecule has 3 nitrogen and oxygen atoms in total. The molecule has 1 N–H and O–H groups in total. The lowest BCUT2D eigenvalue weighted by atomic mass is 9.64. The first-order valence-corrected chi connectivity index (χ1v) is 4.60. The fourth-order valence-corrected chi connectivity index (χ4v) is 1.88. The predicted molar refractivity (Wildman–Crippen MR) is 49.6 cm³/mol. The summed E-state index contributed by atoms with van der Waals surface area (Å²) >= 11 is 0. The van der Waals surface area contributed by atoms with Gasteiger partial charge in [-0.15, -0.1) is 0 Å². The van der Waals surface area contributed by atoms with Gasteiger partial charge in [-0.1, -0.05) is 0 Å². The third-order valence-electron chi connectivity index (χ3n) is 2.76. The number of nitriles is 1. The van der Waals surface area contributed by atoms with Gasteiger partial charge in [0.15, 0.2) is 11.6 Å². The predicted octanol–water partition coefficient (Wildman–Crippen LogP) is 1.79. The highest BCUT2D eigenvalue weighted by Crippen LogP contribution is 2.45. The number of phenolic OH excluding ortho intramolecular Hbond substituents is 1. The van der Waals surface area contributed by atoms with E-state index in [0.717, 1.165) is 6.07 Å². The summed E-state index contributed by atoms with van der Waals surface area (Å²) in [6.45, 7) is 0. The van der Waals surface area contributed by atoms with Gasteiger partial charge >= 0.3 is 0 Å². The Morgan fingerprint density at radius 2 is 2.00 bits per heavy atom. The Hall–Kier alpha value is -1.96. The highest BCUT2D eigenvalue weighted by molar-refractivity contribution is 5.90. The average molecular weight is 223 g/mol. The third kappa shape index (κ3) is 1.34. The van der Waals surface area contributed by atoms with Gasteiger partial charge in [-0.25, -0.2) is 8.78 Å². The Bertz CT molecular complexity index is 511. The van der Waals surface area contributed by atoms with E-state index in [0.29, 0.717) is 6.07 Å². The Balaban J connectivity index is 2.56. The number of phenols is 1. The molecular formula is C11H7F2NO2. The number of halogens is 2. The molecule has 1 aromatic carbocycles. The molecule has 1 aliphatic carbocycles. The molecule has 0 heterocycles. The minimum absolute atomic E-state index is 0.111. The minimum atomic E-state index is -1.27. The van der Waals surface area contributed by atoms with Gasteiger partial charge in [-0.2, -0.15) is 5.26 Å². The van der Waals surface area contributed by atoms with E-state index in [-0.39, 0.29) is 24.2 Å². The van der Waals surface area contributed by atoms with E-state index in [1.807, 2.05) is 6.07 Å². The molecule has 1 fully saturated rings. The summed E-state index contributed by atoms with van der Waals surface area (Å²) in [5, 5.41) is 18.4. The summed E-state index contributed by atoms with van der Waals surface area (Å²) in [6.07, 6.45) is -0.222. The van der Waals surface area contributed by atoms with Crippen LogP contribution in [0.1, 0.15) is 18.4 Å². The van der Waals surface area contributed by atoms with Crippen molar-refractivity contribution < 1.29 is 18.7 Å². The maximum Gasteiger partial charge on any atom is 0.168 e. The lowest BCUT2D eigenvalue weighted by molar-refractivity contribution is -0.126. The highest BCUT2D eigenvalue weighted by atomic mass is 19.1. The molecule has 5 heteroatoms. The summed E-state index contributed by atoms with van der Waals surface area (Å²) in [5.41, 5.74) is -1.42. The maximum absolute atomic E-state index is 13.1. The smallest absolute Gasteiger partial charge is 0.168 e. The molecule has 0 unspecified atom stereocenters. The van der Waals surface area contributed by atoms with Crippen LogP contribution < -0.4 is 0 Å². The van der Waals surface area contributed by atoms with Gasteiger partial charge in [0.25, 0.3) is 0 Å².